The van der Waals surface area contributed by atoms with Gasteiger partial charge >= 0.3 is 12.1 Å². The van der Waals surface area contributed by atoms with Gasteiger partial charge in [0.2, 0.25) is 5.67 Å². The van der Waals surface area contributed by atoms with Gasteiger partial charge in [0.1, 0.15) is 0 Å². The Morgan fingerprint density at radius 3 is 2.14 bits per heavy atom. The summed E-state index contributed by atoms with van der Waals surface area (Å²) in [5, 5.41) is 9.20. The quantitative estimate of drug-likeness (QED) is 0.580. The van der Waals surface area contributed by atoms with Crippen LogP contribution in [0.1, 0.15) is 81.4 Å². The van der Waals surface area contributed by atoms with E-state index in [0.29, 0.717) is 50.9 Å². The first kappa shape index (κ1) is 25.9. The van der Waals surface area contributed by atoms with Crippen LogP contribution in [0.3, 0.4) is 0 Å². The molecule has 5 nitrogen and oxygen atoms in total. The number of halogens is 4. The van der Waals surface area contributed by atoms with Crippen molar-refractivity contribution in [3.8, 4) is 0 Å². The molecule has 2 heterocycles. The van der Waals surface area contributed by atoms with E-state index in [9.17, 15) is 27.9 Å². The van der Waals surface area contributed by atoms with E-state index >= 15 is 4.39 Å². The van der Waals surface area contributed by atoms with Gasteiger partial charge in [-0.05, 0) is 81.5 Å². The lowest BCUT2D eigenvalue weighted by molar-refractivity contribution is -0.145. The summed E-state index contributed by atoms with van der Waals surface area (Å²) >= 11 is 0. The molecule has 0 bridgehead atoms. The van der Waals surface area contributed by atoms with Crippen LogP contribution in [0.5, 0.6) is 0 Å². The second kappa shape index (κ2) is 9.05. The standard InChI is InChI=1S/C26H34F4N2O3/c1-24(2,3)32-11-8-25(27,15-32)23(35)31-9-6-16(7-10-31)20-5-4-19(26(28,29)30)14-21(20)17-12-18(13-17)22(33)34/h4-5,14,16-18H,6-13,15H2,1-3H3,(H,33,34)/t17-,18+,25-/m1/s1. The van der Waals surface area contributed by atoms with Gasteiger partial charge in [-0.2, -0.15) is 13.2 Å². The molecule has 35 heavy (non-hydrogen) atoms. The highest BCUT2D eigenvalue weighted by Gasteiger charge is 2.50. The van der Waals surface area contributed by atoms with Gasteiger partial charge in [0.05, 0.1) is 11.5 Å². The fraction of sp³-hybridized carbons (Fsp3) is 0.692. The number of carboxylic acids is 1. The van der Waals surface area contributed by atoms with E-state index in [4.69, 9.17) is 0 Å². The minimum Gasteiger partial charge on any atom is -0.481 e. The van der Waals surface area contributed by atoms with Crippen LogP contribution in [0.15, 0.2) is 18.2 Å². The number of carbonyl (C=O) groups excluding carboxylic acids is 1. The van der Waals surface area contributed by atoms with Gasteiger partial charge < -0.3 is 10.0 Å². The normalized spacial score (nSPS) is 28.7. The van der Waals surface area contributed by atoms with E-state index < -0.39 is 35.2 Å². The highest BCUT2D eigenvalue weighted by molar-refractivity contribution is 5.86. The molecule has 0 unspecified atom stereocenters. The zero-order valence-corrected chi connectivity index (χ0v) is 20.5. The van der Waals surface area contributed by atoms with Crippen molar-refractivity contribution in [3.63, 3.8) is 0 Å². The molecule has 0 spiro atoms. The smallest absolute Gasteiger partial charge is 0.416 e. The van der Waals surface area contributed by atoms with Crippen molar-refractivity contribution in [2.75, 3.05) is 26.2 Å². The van der Waals surface area contributed by atoms with Crippen molar-refractivity contribution in [2.45, 2.75) is 82.1 Å². The maximum Gasteiger partial charge on any atom is 0.416 e. The molecule has 1 saturated carbocycles. The Labute approximate surface area is 203 Å². The Kier molecular flexibility index (Phi) is 6.70. The summed E-state index contributed by atoms with van der Waals surface area (Å²) in [7, 11) is 0. The third kappa shape index (κ3) is 5.20. The van der Waals surface area contributed by atoms with E-state index in [0.717, 1.165) is 11.6 Å². The van der Waals surface area contributed by atoms with Crippen molar-refractivity contribution in [1.82, 2.24) is 9.80 Å². The van der Waals surface area contributed by atoms with Crippen molar-refractivity contribution < 1.29 is 32.3 Å². The lowest BCUT2D eigenvalue weighted by Gasteiger charge is -2.39. The number of hydrogen-bond donors (Lipinski definition) is 1. The molecule has 1 atom stereocenters. The number of alkyl halides is 4. The number of aliphatic carboxylic acids is 1. The number of rotatable bonds is 4. The molecule has 0 radical (unpaired) electrons. The van der Waals surface area contributed by atoms with Crippen LogP contribution >= 0.6 is 0 Å². The van der Waals surface area contributed by atoms with E-state index in [2.05, 4.69) is 0 Å². The average Bonchev–Trinajstić information content (AvgIpc) is 3.15. The molecule has 194 valence electrons. The monoisotopic (exact) mass is 498 g/mol. The number of likely N-dealkylation sites (tertiary alicyclic amines) is 2. The molecule has 1 N–H and O–H groups in total. The molecular weight excluding hydrogens is 464 g/mol. The van der Waals surface area contributed by atoms with E-state index in [-0.39, 0.29) is 30.3 Å². The molecule has 2 aliphatic heterocycles. The molecule has 0 aromatic heterocycles. The first-order valence-electron chi connectivity index (χ1n) is 12.4. The molecule has 1 amide bonds. The highest BCUT2D eigenvalue weighted by Crippen LogP contribution is 2.47. The van der Waals surface area contributed by atoms with Gasteiger partial charge in [0.25, 0.3) is 5.91 Å². The molecule has 1 aromatic rings. The predicted molar refractivity (Wildman–Crippen MR) is 123 cm³/mol. The van der Waals surface area contributed by atoms with Gasteiger partial charge in [0, 0.05) is 38.1 Å². The second-order valence-electron chi connectivity index (χ2n) is 11.4. The van der Waals surface area contributed by atoms with Crippen LogP contribution in [0, 0.1) is 5.92 Å². The van der Waals surface area contributed by atoms with Gasteiger partial charge in [-0.1, -0.05) is 6.07 Å². The largest absolute Gasteiger partial charge is 0.481 e. The van der Waals surface area contributed by atoms with E-state index in [1.54, 1.807) is 4.90 Å². The van der Waals surface area contributed by atoms with Crippen LogP contribution < -0.4 is 0 Å². The number of piperidine rings is 1. The summed E-state index contributed by atoms with van der Waals surface area (Å²) in [6.07, 6.45) is -2.57. The van der Waals surface area contributed by atoms with Crippen LogP contribution in [-0.2, 0) is 15.8 Å². The van der Waals surface area contributed by atoms with Gasteiger partial charge in [-0.3, -0.25) is 14.5 Å². The molecular formula is C26H34F4N2O3. The van der Waals surface area contributed by atoms with Crippen molar-refractivity contribution in [3.05, 3.63) is 34.9 Å². The SMILES string of the molecule is CC(C)(C)N1CC[C@](F)(C(=O)N2CCC(c3ccc(C(F)(F)F)cc3[C@H]3C[C@@H](C(=O)O)C3)CC2)C1. The average molecular weight is 499 g/mol. The number of carboxylic acid groups (broad SMARTS) is 1. The zero-order valence-electron chi connectivity index (χ0n) is 20.5. The lowest BCUT2D eigenvalue weighted by atomic mass is 9.68. The molecule has 1 aliphatic carbocycles. The highest BCUT2D eigenvalue weighted by atomic mass is 19.4. The lowest BCUT2D eigenvalue weighted by Crippen LogP contribution is -2.51. The van der Waals surface area contributed by atoms with Gasteiger partial charge in [0.15, 0.2) is 0 Å². The Balaban J connectivity index is 1.46. The summed E-state index contributed by atoms with van der Waals surface area (Å²) in [5.74, 6) is -2.20. The summed E-state index contributed by atoms with van der Waals surface area (Å²) in [5.41, 5.74) is -1.49. The van der Waals surface area contributed by atoms with Crippen molar-refractivity contribution in [2.24, 2.45) is 5.92 Å². The van der Waals surface area contributed by atoms with Gasteiger partial charge in [-0.25, -0.2) is 4.39 Å². The number of amides is 1. The number of nitrogens with zero attached hydrogens (tertiary/aromatic N) is 2. The van der Waals surface area contributed by atoms with Crippen molar-refractivity contribution >= 4 is 11.9 Å². The summed E-state index contributed by atoms with van der Waals surface area (Å²) < 4.78 is 55.7. The molecule has 9 heteroatoms. The first-order valence-corrected chi connectivity index (χ1v) is 12.4. The maximum absolute atomic E-state index is 15.6. The van der Waals surface area contributed by atoms with Crippen LogP contribution in [0.25, 0.3) is 0 Å². The minimum absolute atomic E-state index is 0.0505. The molecule has 2 saturated heterocycles. The second-order valence-corrected chi connectivity index (χ2v) is 11.4. The maximum atomic E-state index is 15.6. The van der Waals surface area contributed by atoms with E-state index in [1.165, 1.54) is 12.1 Å². The summed E-state index contributed by atoms with van der Waals surface area (Å²) in [6, 6.07) is 3.77. The number of hydrogen-bond acceptors (Lipinski definition) is 3. The third-order valence-electron chi connectivity index (χ3n) is 8.11. The Morgan fingerprint density at radius 1 is 1.00 bits per heavy atom. The number of carbonyl (C=O) groups is 2. The fourth-order valence-electron chi connectivity index (χ4n) is 5.75. The minimum atomic E-state index is -4.48. The topological polar surface area (TPSA) is 60.9 Å². The fourth-order valence-corrected chi connectivity index (χ4v) is 5.75. The third-order valence-corrected chi connectivity index (χ3v) is 8.11. The Hall–Kier alpha value is -2.16. The molecule has 1 aromatic carbocycles. The summed E-state index contributed by atoms with van der Waals surface area (Å²) in [6.45, 7) is 7.30. The summed E-state index contributed by atoms with van der Waals surface area (Å²) in [4.78, 5) is 27.8. The Bertz CT molecular complexity index is 976. The number of benzene rings is 1. The first-order chi connectivity index (χ1) is 16.2. The Morgan fingerprint density at radius 2 is 1.63 bits per heavy atom. The zero-order chi connectivity index (χ0) is 25.8. The van der Waals surface area contributed by atoms with Crippen molar-refractivity contribution in [1.29, 1.82) is 0 Å². The molecule has 4 rings (SSSR count). The van der Waals surface area contributed by atoms with E-state index in [1.807, 2.05) is 25.7 Å². The molecule has 3 fully saturated rings. The van der Waals surface area contributed by atoms with Crippen LogP contribution in [0.4, 0.5) is 17.6 Å². The van der Waals surface area contributed by atoms with Crippen LogP contribution in [0.2, 0.25) is 0 Å². The van der Waals surface area contributed by atoms with Crippen LogP contribution in [-0.4, -0.2) is 64.2 Å². The predicted octanol–water partition coefficient (Wildman–Crippen LogP) is 5.20. The molecule has 3 aliphatic rings. The van der Waals surface area contributed by atoms with Gasteiger partial charge in [-0.15, -0.1) is 0 Å².